The molecule has 144 valence electrons. The number of alkyl halides is 3. The minimum Gasteiger partial charge on any atom is -0.403 e. The van der Waals surface area contributed by atoms with Crippen LogP contribution in [0.5, 0.6) is 0 Å². The molecule has 27 heavy (non-hydrogen) atoms. The van der Waals surface area contributed by atoms with Gasteiger partial charge < -0.3 is 16.4 Å². The minimum absolute atomic E-state index is 0.0189. The monoisotopic (exact) mass is 418 g/mol. The molecule has 0 aliphatic heterocycles. The van der Waals surface area contributed by atoms with E-state index >= 15 is 0 Å². The maximum absolute atomic E-state index is 12.9. The maximum atomic E-state index is 12.9. The Kier molecular flexibility index (Phi) is 6.86. The predicted octanol–water partition coefficient (Wildman–Crippen LogP) is 4.33. The highest BCUT2D eigenvalue weighted by Crippen LogP contribution is 2.32. The normalized spacial score (nSPS) is 12.4. The van der Waals surface area contributed by atoms with Crippen molar-refractivity contribution in [3.63, 3.8) is 0 Å². The SMILES string of the molecule is CN=CC(=CN)Nc1ncc(Cl)c(NCc2cc(C(F)(F)F)ccc2Cl)n1. The van der Waals surface area contributed by atoms with Crippen LogP contribution in [0.15, 0.2) is 41.3 Å². The number of hydrogen-bond donors (Lipinski definition) is 3. The Morgan fingerprint density at radius 1 is 1.30 bits per heavy atom. The molecule has 0 radical (unpaired) electrons. The van der Waals surface area contributed by atoms with E-state index < -0.39 is 11.7 Å². The highest BCUT2D eigenvalue weighted by molar-refractivity contribution is 6.33. The standard InChI is InChI=1S/C16H15Cl2F3N6/c1-23-7-11(5-22)26-15-25-8-13(18)14(27-15)24-6-9-4-10(16(19,20)21)2-3-12(9)17/h2-5,7-8H,6,22H2,1H3,(H2,24,25,26,27). The van der Waals surface area contributed by atoms with Crippen LogP contribution in [-0.4, -0.2) is 23.2 Å². The van der Waals surface area contributed by atoms with Crippen LogP contribution in [0.3, 0.4) is 0 Å². The van der Waals surface area contributed by atoms with E-state index in [0.717, 1.165) is 12.1 Å². The molecule has 0 saturated carbocycles. The molecule has 1 aromatic carbocycles. The number of nitrogens with zero attached hydrogens (tertiary/aromatic N) is 3. The average molecular weight is 419 g/mol. The lowest BCUT2D eigenvalue weighted by atomic mass is 10.1. The van der Waals surface area contributed by atoms with Gasteiger partial charge in [0.25, 0.3) is 0 Å². The second-order valence-electron chi connectivity index (χ2n) is 5.18. The summed E-state index contributed by atoms with van der Waals surface area (Å²) in [5.41, 5.74) is 5.36. The summed E-state index contributed by atoms with van der Waals surface area (Å²) >= 11 is 12.0. The molecule has 6 nitrogen and oxygen atoms in total. The van der Waals surface area contributed by atoms with Crippen LogP contribution in [0, 0.1) is 0 Å². The molecule has 1 heterocycles. The van der Waals surface area contributed by atoms with Gasteiger partial charge >= 0.3 is 6.18 Å². The molecule has 0 amide bonds. The van der Waals surface area contributed by atoms with E-state index in [4.69, 9.17) is 28.9 Å². The van der Waals surface area contributed by atoms with E-state index in [1.807, 2.05) is 0 Å². The molecule has 11 heteroatoms. The van der Waals surface area contributed by atoms with Crippen LogP contribution in [0.2, 0.25) is 10.0 Å². The highest BCUT2D eigenvalue weighted by Gasteiger charge is 2.30. The lowest BCUT2D eigenvalue weighted by Crippen LogP contribution is -2.10. The number of anilines is 2. The van der Waals surface area contributed by atoms with E-state index in [2.05, 4.69) is 25.6 Å². The zero-order chi connectivity index (χ0) is 20.0. The number of aliphatic imine (C=N–C) groups is 1. The van der Waals surface area contributed by atoms with Crippen molar-refractivity contribution in [1.82, 2.24) is 9.97 Å². The molecule has 0 bridgehead atoms. The summed E-state index contributed by atoms with van der Waals surface area (Å²) in [5.74, 6) is 0.390. The second-order valence-corrected chi connectivity index (χ2v) is 6.00. The summed E-state index contributed by atoms with van der Waals surface area (Å²) in [4.78, 5) is 12.0. The molecule has 1 aromatic heterocycles. The summed E-state index contributed by atoms with van der Waals surface area (Å²) in [7, 11) is 1.57. The van der Waals surface area contributed by atoms with Crippen LogP contribution in [0.25, 0.3) is 0 Å². The lowest BCUT2D eigenvalue weighted by Gasteiger charge is -2.13. The molecule has 0 aliphatic carbocycles. The lowest BCUT2D eigenvalue weighted by molar-refractivity contribution is -0.137. The first-order chi connectivity index (χ1) is 12.7. The molecule has 4 N–H and O–H groups in total. The summed E-state index contributed by atoms with van der Waals surface area (Å²) in [5, 5.41) is 6.05. The molecule has 2 rings (SSSR count). The summed E-state index contributed by atoms with van der Waals surface area (Å²) in [6, 6.07) is 3.08. The molecule has 0 atom stereocenters. The van der Waals surface area contributed by atoms with E-state index in [-0.39, 0.29) is 33.9 Å². The van der Waals surface area contributed by atoms with Gasteiger partial charge in [-0.2, -0.15) is 18.2 Å². The molecule has 0 saturated heterocycles. The first kappa shape index (κ1) is 20.8. The van der Waals surface area contributed by atoms with Gasteiger partial charge in [-0.25, -0.2) is 4.98 Å². The average Bonchev–Trinajstić information content (AvgIpc) is 2.61. The van der Waals surface area contributed by atoms with Crippen molar-refractivity contribution >= 4 is 41.2 Å². The molecule has 0 aliphatic rings. The Morgan fingerprint density at radius 3 is 2.67 bits per heavy atom. The minimum atomic E-state index is -4.46. The van der Waals surface area contributed by atoms with E-state index in [1.165, 1.54) is 24.7 Å². The fourth-order valence-corrected chi connectivity index (χ4v) is 2.34. The molecule has 0 fully saturated rings. The molecule has 2 aromatic rings. The topological polar surface area (TPSA) is 88.2 Å². The largest absolute Gasteiger partial charge is 0.416 e. The third kappa shape index (κ3) is 5.73. The number of aromatic nitrogens is 2. The van der Waals surface area contributed by atoms with E-state index in [1.54, 1.807) is 7.05 Å². The summed E-state index contributed by atoms with van der Waals surface area (Å²) < 4.78 is 38.6. The summed E-state index contributed by atoms with van der Waals surface area (Å²) in [6.07, 6.45) is -0.382. The van der Waals surface area contributed by atoms with Gasteiger partial charge in [-0.3, -0.25) is 4.99 Å². The van der Waals surface area contributed by atoms with Gasteiger partial charge in [0.2, 0.25) is 5.95 Å². The molecular weight excluding hydrogens is 404 g/mol. The van der Waals surface area contributed by atoms with E-state index in [9.17, 15) is 13.2 Å². The number of halogens is 5. The van der Waals surface area contributed by atoms with Gasteiger partial charge in [0.05, 0.1) is 17.5 Å². The Morgan fingerprint density at radius 2 is 2.04 bits per heavy atom. The third-order valence-corrected chi connectivity index (χ3v) is 3.91. The molecule has 0 unspecified atom stereocenters. The van der Waals surface area contributed by atoms with Crippen LogP contribution in [-0.2, 0) is 12.7 Å². The summed E-state index contributed by atoms with van der Waals surface area (Å²) in [6.45, 7) is -0.0189. The van der Waals surface area contributed by atoms with Gasteiger partial charge in [0, 0.05) is 31.0 Å². The van der Waals surface area contributed by atoms with Gasteiger partial charge in [-0.05, 0) is 23.8 Å². The number of rotatable bonds is 6. The van der Waals surface area contributed by atoms with Gasteiger partial charge in [0.15, 0.2) is 5.82 Å². The quantitative estimate of drug-likeness (QED) is 0.607. The highest BCUT2D eigenvalue weighted by atomic mass is 35.5. The smallest absolute Gasteiger partial charge is 0.403 e. The van der Waals surface area contributed by atoms with Crippen molar-refractivity contribution in [2.75, 3.05) is 17.7 Å². The number of hydrogen-bond acceptors (Lipinski definition) is 6. The van der Waals surface area contributed by atoms with Gasteiger partial charge in [-0.1, -0.05) is 23.2 Å². The van der Waals surface area contributed by atoms with Crippen molar-refractivity contribution in [2.45, 2.75) is 12.7 Å². The fourth-order valence-electron chi connectivity index (χ4n) is 2.00. The molecule has 0 spiro atoms. The van der Waals surface area contributed by atoms with E-state index in [0.29, 0.717) is 5.70 Å². The first-order valence-corrected chi connectivity index (χ1v) is 8.23. The second kappa shape index (κ2) is 8.92. The predicted molar refractivity (Wildman–Crippen MR) is 101 cm³/mol. The third-order valence-electron chi connectivity index (χ3n) is 3.27. The van der Waals surface area contributed by atoms with Crippen molar-refractivity contribution in [3.8, 4) is 0 Å². The zero-order valence-corrected chi connectivity index (χ0v) is 15.5. The number of allylic oxidation sites excluding steroid dienone is 1. The first-order valence-electron chi connectivity index (χ1n) is 7.47. The van der Waals surface area contributed by atoms with Crippen LogP contribution >= 0.6 is 23.2 Å². The zero-order valence-electron chi connectivity index (χ0n) is 14.0. The number of nitrogens with one attached hydrogen (secondary N) is 2. The van der Waals surface area contributed by atoms with Crippen molar-refractivity contribution in [2.24, 2.45) is 10.7 Å². The van der Waals surface area contributed by atoms with Gasteiger partial charge in [-0.15, -0.1) is 0 Å². The van der Waals surface area contributed by atoms with Gasteiger partial charge in [0.1, 0.15) is 5.02 Å². The molecular formula is C16H15Cl2F3N6. The number of benzene rings is 1. The van der Waals surface area contributed by atoms with Crippen LogP contribution in [0.1, 0.15) is 11.1 Å². The van der Waals surface area contributed by atoms with Crippen LogP contribution in [0.4, 0.5) is 24.9 Å². The Hall–Kier alpha value is -2.52. The Balaban J connectivity index is 2.20. The fraction of sp³-hybridized carbons (Fsp3) is 0.188. The number of nitrogens with two attached hydrogens (primary N) is 1. The van der Waals surface area contributed by atoms with Crippen molar-refractivity contribution in [3.05, 3.63) is 57.5 Å². The Labute approximate surface area is 163 Å². The Bertz CT molecular complexity index is 868. The van der Waals surface area contributed by atoms with Crippen molar-refractivity contribution in [1.29, 1.82) is 0 Å². The van der Waals surface area contributed by atoms with Crippen LogP contribution < -0.4 is 16.4 Å². The van der Waals surface area contributed by atoms with Crippen molar-refractivity contribution < 1.29 is 13.2 Å². The maximum Gasteiger partial charge on any atom is 0.416 e.